The zero-order valence-corrected chi connectivity index (χ0v) is 9.89. The normalized spacial score (nSPS) is 19.7. The molecule has 0 atom stereocenters. The highest BCUT2D eigenvalue weighted by Crippen LogP contribution is 2.29. The molecular weight excluding hydrogens is 188 g/mol. The fraction of sp³-hybridized carbons (Fsp3) is 0.750. The summed E-state index contributed by atoms with van der Waals surface area (Å²) < 4.78 is 5.55. The van der Waals surface area contributed by atoms with Gasteiger partial charge in [0.25, 0.3) is 0 Å². The maximum Gasteiger partial charge on any atom is 0.208 e. The van der Waals surface area contributed by atoms with E-state index in [1.54, 1.807) is 0 Å². The van der Waals surface area contributed by atoms with E-state index in [2.05, 4.69) is 17.2 Å². The number of oxazole rings is 1. The lowest BCUT2D eigenvalue weighted by Gasteiger charge is -2.24. The van der Waals surface area contributed by atoms with Gasteiger partial charge in [0.15, 0.2) is 0 Å². The first kappa shape index (κ1) is 10.7. The summed E-state index contributed by atoms with van der Waals surface area (Å²) in [5.41, 5.74) is 1.30. The first-order valence-electron chi connectivity index (χ1n) is 5.77. The van der Waals surface area contributed by atoms with Crippen molar-refractivity contribution in [3.05, 3.63) is 17.3 Å². The van der Waals surface area contributed by atoms with Crippen molar-refractivity contribution in [2.75, 3.05) is 0 Å². The van der Waals surface area contributed by atoms with Crippen molar-refractivity contribution in [2.45, 2.75) is 58.5 Å². The molecule has 0 aliphatic heterocycles. The molecule has 0 spiro atoms. The molecule has 84 valence electrons. The Labute approximate surface area is 91.3 Å². The number of aryl methyl sites for hydroxylation is 2. The van der Waals surface area contributed by atoms with E-state index >= 15 is 0 Å². The third-order valence-corrected chi connectivity index (χ3v) is 3.45. The van der Waals surface area contributed by atoms with Crippen molar-refractivity contribution in [3.8, 4) is 0 Å². The Morgan fingerprint density at radius 2 is 2.00 bits per heavy atom. The second-order valence-electron chi connectivity index (χ2n) is 4.87. The van der Waals surface area contributed by atoms with Gasteiger partial charge in [-0.3, -0.25) is 0 Å². The SMILES string of the molecule is Cc1nc(CNC2(C)CCCC2)oc1C. The summed E-state index contributed by atoms with van der Waals surface area (Å²) in [6.07, 6.45) is 5.22. The molecule has 1 saturated carbocycles. The highest BCUT2D eigenvalue weighted by molar-refractivity contribution is 5.05. The molecule has 1 fully saturated rings. The van der Waals surface area contributed by atoms with Crippen LogP contribution in [-0.4, -0.2) is 10.5 Å². The van der Waals surface area contributed by atoms with Gasteiger partial charge in [-0.1, -0.05) is 12.8 Å². The average Bonchev–Trinajstić information content (AvgIpc) is 2.73. The van der Waals surface area contributed by atoms with Crippen LogP contribution >= 0.6 is 0 Å². The maximum absolute atomic E-state index is 5.55. The van der Waals surface area contributed by atoms with Crippen LogP contribution in [0.15, 0.2) is 4.42 Å². The third kappa shape index (κ3) is 2.40. The van der Waals surface area contributed by atoms with E-state index in [4.69, 9.17) is 4.42 Å². The molecule has 1 N–H and O–H groups in total. The van der Waals surface area contributed by atoms with Crippen LogP contribution in [0.1, 0.15) is 50.0 Å². The second-order valence-corrected chi connectivity index (χ2v) is 4.87. The standard InChI is InChI=1S/C12H20N2O/c1-9-10(2)15-11(14-9)8-13-12(3)6-4-5-7-12/h13H,4-8H2,1-3H3. The molecular formula is C12H20N2O. The first-order valence-corrected chi connectivity index (χ1v) is 5.77. The number of hydrogen-bond donors (Lipinski definition) is 1. The average molecular weight is 208 g/mol. The summed E-state index contributed by atoms with van der Waals surface area (Å²) in [7, 11) is 0. The molecule has 0 saturated heterocycles. The minimum absolute atomic E-state index is 0.302. The van der Waals surface area contributed by atoms with Crippen LogP contribution in [0.4, 0.5) is 0 Å². The lowest BCUT2D eigenvalue weighted by atomic mass is 10.0. The smallest absolute Gasteiger partial charge is 0.208 e. The van der Waals surface area contributed by atoms with Crippen LogP contribution in [-0.2, 0) is 6.54 Å². The van der Waals surface area contributed by atoms with Crippen LogP contribution in [0.5, 0.6) is 0 Å². The Bertz CT molecular complexity index is 318. The zero-order valence-electron chi connectivity index (χ0n) is 9.89. The molecule has 3 heteroatoms. The van der Waals surface area contributed by atoms with Crippen molar-refractivity contribution >= 4 is 0 Å². The molecule has 1 aliphatic carbocycles. The van der Waals surface area contributed by atoms with Gasteiger partial charge >= 0.3 is 0 Å². The van der Waals surface area contributed by atoms with Gasteiger partial charge in [0.05, 0.1) is 12.2 Å². The number of aromatic nitrogens is 1. The molecule has 15 heavy (non-hydrogen) atoms. The molecule has 1 heterocycles. The molecule has 3 nitrogen and oxygen atoms in total. The number of nitrogens with zero attached hydrogens (tertiary/aromatic N) is 1. The summed E-state index contributed by atoms with van der Waals surface area (Å²) in [5, 5.41) is 3.56. The van der Waals surface area contributed by atoms with Crippen molar-refractivity contribution < 1.29 is 4.42 Å². The van der Waals surface area contributed by atoms with Gasteiger partial charge in [-0.15, -0.1) is 0 Å². The Hall–Kier alpha value is -0.830. The Morgan fingerprint density at radius 1 is 1.33 bits per heavy atom. The third-order valence-electron chi connectivity index (χ3n) is 3.45. The highest BCUT2D eigenvalue weighted by atomic mass is 16.4. The van der Waals surface area contributed by atoms with Gasteiger partial charge in [-0.25, -0.2) is 4.98 Å². The predicted octanol–water partition coefficient (Wildman–Crippen LogP) is 2.71. The van der Waals surface area contributed by atoms with Gasteiger partial charge in [0.2, 0.25) is 5.89 Å². The summed E-state index contributed by atoms with van der Waals surface area (Å²) in [5.74, 6) is 1.75. The molecule has 0 aromatic carbocycles. The van der Waals surface area contributed by atoms with Crippen molar-refractivity contribution in [1.82, 2.24) is 10.3 Å². The molecule has 1 aromatic heterocycles. The molecule has 1 aromatic rings. The summed E-state index contributed by atoms with van der Waals surface area (Å²) >= 11 is 0. The monoisotopic (exact) mass is 208 g/mol. The van der Waals surface area contributed by atoms with Gasteiger partial charge in [0, 0.05) is 5.54 Å². The van der Waals surface area contributed by atoms with E-state index in [1.807, 2.05) is 13.8 Å². The summed E-state index contributed by atoms with van der Waals surface area (Å²) in [6, 6.07) is 0. The lowest BCUT2D eigenvalue weighted by molar-refractivity contribution is 0.334. The van der Waals surface area contributed by atoms with Gasteiger partial charge in [-0.05, 0) is 33.6 Å². The fourth-order valence-corrected chi connectivity index (χ4v) is 2.24. The highest BCUT2D eigenvalue weighted by Gasteiger charge is 2.28. The second kappa shape index (κ2) is 3.97. The van der Waals surface area contributed by atoms with E-state index in [9.17, 15) is 0 Å². The van der Waals surface area contributed by atoms with Crippen molar-refractivity contribution in [2.24, 2.45) is 0 Å². The maximum atomic E-state index is 5.55. The number of rotatable bonds is 3. The van der Waals surface area contributed by atoms with E-state index < -0.39 is 0 Å². The van der Waals surface area contributed by atoms with Crippen molar-refractivity contribution in [1.29, 1.82) is 0 Å². The summed E-state index contributed by atoms with van der Waals surface area (Å²) in [4.78, 5) is 4.37. The quantitative estimate of drug-likeness (QED) is 0.830. The minimum Gasteiger partial charge on any atom is -0.444 e. The molecule has 1 aliphatic rings. The minimum atomic E-state index is 0.302. The molecule has 0 bridgehead atoms. The Kier molecular flexibility index (Phi) is 2.83. The summed E-state index contributed by atoms with van der Waals surface area (Å²) in [6.45, 7) is 7.00. The lowest BCUT2D eigenvalue weighted by Crippen LogP contribution is -2.38. The van der Waals surface area contributed by atoms with Crippen LogP contribution in [0.2, 0.25) is 0 Å². The molecule has 0 unspecified atom stereocenters. The molecule has 0 amide bonds. The topological polar surface area (TPSA) is 38.1 Å². The Balaban J connectivity index is 1.92. The number of hydrogen-bond acceptors (Lipinski definition) is 3. The van der Waals surface area contributed by atoms with E-state index in [0.717, 1.165) is 23.9 Å². The van der Waals surface area contributed by atoms with Gasteiger partial charge in [0.1, 0.15) is 5.76 Å². The number of nitrogens with one attached hydrogen (secondary N) is 1. The first-order chi connectivity index (χ1) is 7.09. The molecule has 0 radical (unpaired) electrons. The van der Waals surface area contributed by atoms with E-state index in [-0.39, 0.29) is 0 Å². The molecule has 2 rings (SSSR count). The largest absolute Gasteiger partial charge is 0.444 e. The Morgan fingerprint density at radius 3 is 2.53 bits per heavy atom. The van der Waals surface area contributed by atoms with Crippen LogP contribution in [0.3, 0.4) is 0 Å². The van der Waals surface area contributed by atoms with Gasteiger partial charge in [-0.2, -0.15) is 0 Å². The van der Waals surface area contributed by atoms with E-state index in [0.29, 0.717) is 5.54 Å². The van der Waals surface area contributed by atoms with E-state index in [1.165, 1.54) is 25.7 Å². The van der Waals surface area contributed by atoms with Gasteiger partial charge < -0.3 is 9.73 Å². The zero-order chi connectivity index (χ0) is 10.9. The van der Waals surface area contributed by atoms with Crippen LogP contribution in [0, 0.1) is 13.8 Å². The van der Waals surface area contributed by atoms with Crippen molar-refractivity contribution in [3.63, 3.8) is 0 Å². The fourth-order valence-electron chi connectivity index (χ4n) is 2.24. The van der Waals surface area contributed by atoms with Crippen LogP contribution in [0.25, 0.3) is 0 Å². The van der Waals surface area contributed by atoms with Crippen LogP contribution < -0.4 is 5.32 Å². The predicted molar refractivity (Wildman–Crippen MR) is 59.7 cm³/mol.